The lowest BCUT2D eigenvalue weighted by atomic mass is 9.87. The normalized spacial score (nSPS) is 13.1. The molecule has 2 aromatic heterocycles. The van der Waals surface area contributed by atoms with Gasteiger partial charge in [-0.1, -0.05) is 68.4 Å². The molecule has 11 nitrogen and oxygen atoms in total. The molecule has 40 heavy (non-hydrogen) atoms. The minimum Gasteiger partial charge on any atom is -0.492 e. The van der Waals surface area contributed by atoms with Crippen LogP contribution in [0.1, 0.15) is 91.8 Å². The van der Waals surface area contributed by atoms with Gasteiger partial charge in [0, 0.05) is 17.9 Å². The van der Waals surface area contributed by atoms with Crippen LogP contribution in [0.25, 0.3) is 0 Å². The van der Waals surface area contributed by atoms with Crippen LogP contribution < -0.4 is 9.46 Å². The Labute approximate surface area is 237 Å². The summed E-state index contributed by atoms with van der Waals surface area (Å²) in [6, 6.07) is 7.33. The molecule has 3 rings (SSSR count). The van der Waals surface area contributed by atoms with Crippen LogP contribution in [0.3, 0.4) is 0 Å². The maximum atomic E-state index is 13.9. The molecule has 0 saturated carbocycles. The number of nitrogens with zero attached hydrogens (tertiary/aromatic N) is 6. The second-order valence-electron chi connectivity index (χ2n) is 12.7. The monoisotopic (exact) mass is 568 g/mol. The zero-order chi connectivity index (χ0) is 30.3. The van der Waals surface area contributed by atoms with Crippen molar-refractivity contribution in [2.75, 3.05) is 11.3 Å². The summed E-state index contributed by atoms with van der Waals surface area (Å²) < 4.78 is 37.5. The Hall–Kier alpha value is -3.72. The molecule has 0 saturated heterocycles. The third-order valence-corrected chi connectivity index (χ3v) is 7.58. The topological polar surface area (TPSA) is 150 Å². The van der Waals surface area contributed by atoms with Gasteiger partial charge < -0.3 is 4.74 Å². The number of aromatic nitrogens is 4. The molecule has 0 fully saturated rings. The first kappa shape index (κ1) is 30.8. The van der Waals surface area contributed by atoms with E-state index in [-0.39, 0.29) is 44.4 Å². The van der Waals surface area contributed by atoms with E-state index in [4.69, 9.17) is 4.74 Å². The maximum absolute atomic E-state index is 13.9. The Morgan fingerprint density at radius 2 is 1.70 bits per heavy atom. The molecule has 2 heterocycles. The molecule has 3 aromatic rings. The van der Waals surface area contributed by atoms with Crippen LogP contribution in [0, 0.1) is 11.3 Å². The fourth-order valence-corrected chi connectivity index (χ4v) is 5.29. The molecule has 0 unspecified atom stereocenters. The Morgan fingerprint density at radius 1 is 1.05 bits per heavy atom. The SMILES string of the molecule is CCOc1ccc(C(C)(C)C)cc1S(=O)(=O)Nc1c(N=Nc2n[nH]c(C(C)(C)C)c2C#N)c(C(C)(C)C)nn1C. The lowest BCUT2D eigenvalue weighted by Gasteiger charge is -2.21. The molecule has 2 N–H and O–H groups in total. The molecule has 0 aliphatic rings. The molecule has 0 atom stereocenters. The molecule has 0 radical (unpaired) electrons. The number of sulfonamides is 1. The minimum atomic E-state index is -4.15. The smallest absolute Gasteiger partial charge is 0.266 e. The number of aryl methyl sites for hydroxylation is 1. The minimum absolute atomic E-state index is 0.0112. The number of nitrogens with one attached hydrogen (secondary N) is 2. The van der Waals surface area contributed by atoms with Gasteiger partial charge in [0.05, 0.1) is 18.0 Å². The Balaban J connectivity index is 2.18. The first-order chi connectivity index (χ1) is 18.3. The summed E-state index contributed by atoms with van der Waals surface area (Å²) in [5.41, 5.74) is 1.36. The average molecular weight is 569 g/mol. The number of anilines is 1. The number of nitriles is 1. The molecule has 0 aliphatic carbocycles. The molecule has 0 spiro atoms. The number of aromatic amines is 1. The average Bonchev–Trinajstić information content (AvgIpc) is 3.38. The number of azo groups is 1. The molecule has 1 aromatic carbocycles. The quantitative estimate of drug-likeness (QED) is 0.310. The highest BCUT2D eigenvalue weighted by Crippen LogP contribution is 2.40. The number of rotatable bonds is 7. The first-order valence-electron chi connectivity index (χ1n) is 13.1. The van der Waals surface area contributed by atoms with E-state index in [0.29, 0.717) is 18.0 Å². The highest BCUT2D eigenvalue weighted by Gasteiger charge is 2.31. The summed E-state index contributed by atoms with van der Waals surface area (Å²) >= 11 is 0. The van der Waals surface area contributed by atoms with E-state index >= 15 is 0 Å². The van der Waals surface area contributed by atoms with Gasteiger partial charge in [-0.15, -0.1) is 10.2 Å². The molecule has 0 bridgehead atoms. The molecular weight excluding hydrogens is 528 g/mol. The van der Waals surface area contributed by atoms with E-state index in [1.54, 1.807) is 26.1 Å². The number of H-pyrrole nitrogens is 1. The number of benzene rings is 1. The van der Waals surface area contributed by atoms with Crippen LogP contribution in [-0.2, 0) is 33.3 Å². The Bertz CT molecular complexity index is 1570. The van der Waals surface area contributed by atoms with Gasteiger partial charge in [0.1, 0.15) is 22.3 Å². The van der Waals surface area contributed by atoms with E-state index in [1.165, 1.54) is 4.68 Å². The Morgan fingerprint density at radius 3 is 2.23 bits per heavy atom. The van der Waals surface area contributed by atoms with Crippen molar-refractivity contribution in [1.82, 2.24) is 20.0 Å². The second kappa shape index (κ2) is 10.7. The van der Waals surface area contributed by atoms with Gasteiger partial charge in [-0.2, -0.15) is 15.5 Å². The zero-order valence-corrected chi connectivity index (χ0v) is 26.1. The lowest BCUT2D eigenvalue weighted by Crippen LogP contribution is -2.19. The van der Waals surface area contributed by atoms with E-state index in [9.17, 15) is 13.7 Å². The Kier molecular flexibility index (Phi) is 8.23. The van der Waals surface area contributed by atoms with E-state index in [0.717, 1.165) is 5.56 Å². The third kappa shape index (κ3) is 6.36. The van der Waals surface area contributed by atoms with Gasteiger partial charge in [0.15, 0.2) is 11.5 Å². The van der Waals surface area contributed by atoms with Crippen molar-refractivity contribution in [3.05, 3.63) is 40.7 Å². The fraction of sp³-hybridized carbons (Fsp3) is 0.536. The van der Waals surface area contributed by atoms with E-state index in [1.807, 2.05) is 68.4 Å². The van der Waals surface area contributed by atoms with Crippen molar-refractivity contribution in [3.8, 4) is 11.8 Å². The second-order valence-corrected chi connectivity index (χ2v) is 14.4. The molecule has 0 amide bonds. The summed E-state index contributed by atoms with van der Waals surface area (Å²) in [6.45, 7) is 19.8. The third-order valence-electron chi connectivity index (χ3n) is 6.22. The van der Waals surface area contributed by atoms with Crippen molar-refractivity contribution in [2.24, 2.45) is 17.3 Å². The van der Waals surface area contributed by atoms with Gasteiger partial charge in [-0.25, -0.2) is 13.1 Å². The first-order valence-corrected chi connectivity index (χ1v) is 14.6. The van der Waals surface area contributed by atoms with Gasteiger partial charge in [0.2, 0.25) is 5.82 Å². The van der Waals surface area contributed by atoms with Gasteiger partial charge >= 0.3 is 0 Å². The van der Waals surface area contributed by atoms with E-state index < -0.39 is 15.4 Å². The number of hydrogen-bond donors (Lipinski definition) is 2. The van der Waals surface area contributed by atoms with Crippen LogP contribution >= 0.6 is 0 Å². The summed E-state index contributed by atoms with van der Waals surface area (Å²) in [5, 5.41) is 30.1. The van der Waals surface area contributed by atoms with Crippen LogP contribution in [0.15, 0.2) is 33.3 Å². The van der Waals surface area contributed by atoms with Crippen LogP contribution in [0.5, 0.6) is 5.75 Å². The van der Waals surface area contributed by atoms with Crippen LogP contribution in [0.2, 0.25) is 0 Å². The maximum Gasteiger partial charge on any atom is 0.266 e. The lowest BCUT2D eigenvalue weighted by molar-refractivity contribution is 0.331. The molecular formula is C28H40N8O3S. The highest BCUT2D eigenvalue weighted by molar-refractivity contribution is 7.92. The highest BCUT2D eigenvalue weighted by atomic mass is 32.2. The van der Waals surface area contributed by atoms with Gasteiger partial charge in [-0.3, -0.25) is 9.82 Å². The van der Waals surface area contributed by atoms with Crippen LogP contribution in [-0.4, -0.2) is 35.0 Å². The fourth-order valence-electron chi connectivity index (χ4n) is 4.02. The molecule has 12 heteroatoms. The van der Waals surface area contributed by atoms with Crippen molar-refractivity contribution in [2.45, 2.75) is 90.4 Å². The summed E-state index contributed by atoms with van der Waals surface area (Å²) in [5.74, 6) is 0.484. The van der Waals surface area contributed by atoms with Crippen LogP contribution in [0.4, 0.5) is 17.3 Å². The summed E-state index contributed by atoms with van der Waals surface area (Å²) in [6.07, 6.45) is 0. The van der Waals surface area contributed by atoms with Gasteiger partial charge in [0.25, 0.3) is 10.0 Å². The van der Waals surface area contributed by atoms with E-state index in [2.05, 4.69) is 36.3 Å². The zero-order valence-electron chi connectivity index (χ0n) is 25.3. The predicted octanol–water partition coefficient (Wildman–Crippen LogP) is 6.52. The van der Waals surface area contributed by atoms with Crippen molar-refractivity contribution in [3.63, 3.8) is 0 Å². The van der Waals surface area contributed by atoms with Crippen molar-refractivity contribution in [1.29, 1.82) is 5.26 Å². The molecule has 216 valence electrons. The summed E-state index contributed by atoms with van der Waals surface area (Å²) in [4.78, 5) is 0.0112. The van der Waals surface area contributed by atoms with Gasteiger partial charge in [-0.05, 0) is 30.0 Å². The largest absolute Gasteiger partial charge is 0.492 e. The number of ether oxygens (including phenoxy) is 1. The predicted molar refractivity (Wildman–Crippen MR) is 155 cm³/mol. The molecule has 0 aliphatic heterocycles. The summed E-state index contributed by atoms with van der Waals surface area (Å²) in [7, 11) is -2.52. The van der Waals surface area contributed by atoms with Crippen molar-refractivity contribution < 1.29 is 13.2 Å². The standard InChI is InChI=1S/C28H40N8O3S/c1-12-39-19-14-13-17(26(2,3)4)15-20(19)40(37,38)35-25-21(23(28(8,9)10)34-36(25)11)30-32-24-18(16-29)22(31-33-24)27(5,6)7/h13-15,35H,12H2,1-11H3,(H,31,33). The number of hydrogen-bond acceptors (Lipinski definition) is 8. The van der Waals surface area contributed by atoms with Crippen molar-refractivity contribution >= 4 is 27.3 Å².